The topological polar surface area (TPSA) is 56.0 Å². The van der Waals surface area contributed by atoms with Gasteiger partial charge >= 0.3 is 0 Å². The average molecular weight is 238 g/mol. The van der Waals surface area contributed by atoms with Crippen LogP contribution in [0.4, 0.5) is 5.82 Å². The lowest BCUT2D eigenvalue weighted by atomic mass is 9.98. The highest BCUT2D eigenvalue weighted by atomic mass is 16.1. The van der Waals surface area contributed by atoms with Crippen molar-refractivity contribution in [3.63, 3.8) is 0 Å². The first kappa shape index (κ1) is 12.0. The van der Waals surface area contributed by atoms with E-state index < -0.39 is 0 Å². The van der Waals surface area contributed by atoms with Gasteiger partial charge in [0.2, 0.25) is 0 Å². The Labute approximate surface area is 106 Å². The molecule has 1 aromatic heterocycles. The lowest BCUT2D eigenvalue weighted by Crippen LogP contribution is -2.05. The van der Waals surface area contributed by atoms with Crippen molar-refractivity contribution in [3.05, 3.63) is 65.9 Å². The molecule has 90 valence electrons. The van der Waals surface area contributed by atoms with Crippen molar-refractivity contribution in [3.8, 4) is 0 Å². The first-order valence-electron chi connectivity index (χ1n) is 5.60. The summed E-state index contributed by atoms with van der Waals surface area (Å²) in [6.07, 6.45) is 1.59. The van der Waals surface area contributed by atoms with Crippen molar-refractivity contribution in [1.82, 2.24) is 4.98 Å². The van der Waals surface area contributed by atoms with E-state index in [4.69, 9.17) is 5.73 Å². The average Bonchev–Trinajstić information content (AvgIpc) is 2.37. The van der Waals surface area contributed by atoms with Crippen LogP contribution in [-0.2, 0) is 0 Å². The summed E-state index contributed by atoms with van der Waals surface area (Å²) in [5.41, 5.74) is 8.35. The number of anilines is 1. The number of aryl methyl sites for hydroxylation is 1. The quantitative estimate of drug-likeness (QED) is 0.660. The second kappa shape index (κ2) is 4.84. The molecule has 3 nitrogen and oxygen atoms in total. The summed E-state index contributed by atoms with van der Waals surface area (Å²) in [5, 5.41) is 0. The van der Waals surface area contributed by atoms with Gasteiger partial charge in [0, 0.05) is 22.9 Å². The maximum absolute atomic E-state index is 12.3. The van der Waals surface area contributed by atoms with E-state index in [-0.39, 0.29) is 5.78 Å². The SMILES string of the molecule is C=C(C(=O)c1cccc(C)c1)c1cccnc1N. The summed E-state index contributed by atoms with van der Waals surface area (Å²) in [7, 11) is 0. The Morgan fingerprint density at radius 1 is 1.28 bits per heavy atom. The molecule has 2 rings (SSSR count). The minimum absolute atomic E-state index is 0.126. The fourth-order valence-corrected chi connectivity index (χ4v) is 1.76. The van der Waals surface area contributed by atoms with Gasteiger partial charge in [0.15, 0.2) is 5.78 Å². The molecule has 0 amide bonds. The number of benzene rings is 1. The Morgan fingerprint density at radius 2 is 2.06 bits per heavy atom. The van der Waals surface area contributed by atoms with Crippen LogP contribution in [0.3, 0.4) is 0 Å². The molecule has 0 saturated carbocycles. The van der Waals surface area contributed by atoms with Gasteiger partial charge < -0.3 is 5.73 Å². The molecule has 0 atom stereocenters. The molecule has 0 fully saturated rings. The minimum atomic E-state index is -0.126. The van der Waals surface area contributed by atoms with Crippen LogP contribution in [0.5, 0.6) is 0 Å². The highest BCUT2D eigenvalue weighted by Gasteiger charge is 2.14. The van der Waals surface area contributed by atoms with Crippen molar-refractivity contribution in [1.29, 1.82) is 0 Å². The van der Waals surface area contributed by atoms with Crippen molar-refractivity contribution in [2.75, 3.05) is 5.73 Å². The molecule has 0 unspecified atom stereocenters. The van der Waals surface area contributed by atoms with Gasteiger partial charge in [0.05, 0.1) is 0 Å². The molecule has 0 bridgehead atoms. The van der Waals surface area contributed by atoms with E-state index in [2.05, 4.69) is 11.6 Å². The molecule has 0 aliphatic heterocycles. The van der Waals surface area contributed by atoms with Crippen molar-refractivity contribution in [2.24, 2.45) is 0 Å². The number of ketones is 1. The van der Waals surface area contributed by atoms with E-state index in [0.29, 0.717) is 22.5 Å². The lowest BCUT2D eigenvalue weighted by molar-refractivity contribution is 0.105. The number of nitrogens with zero attached hydrogens (tertiary/aromatic N) is 1. The fourth-order valence-electron chi connectivity index (χ4n) is 1.76. The van der Waals surface area contributed by atoms with Gasteiger partial charge in [0.25, 0.3) is 0 Å². The third-order valence-corrected chi connectivity index (χ3v) is 2.72. The molecule has 1 heterocycles. The molecule has 0 aliphatic rings. The summed E-state index contributed by atoms with van der Waals surface area (Å²) < 4.78 is 0. The number of carbonyl (C=O) groups is 1. The first-order valence-corrected chi connectivity index (χ1v) is 5.60. The number of hydrogen-bond donors (Lipinski definition) is 1. The zero-order valence-electron chi connectivity index (χ0n) is 10.2. The fraction of sp³-hybridized carbons (Fsp3) is 0.0667. The molecule has 0 spiro atoms. The number of pyridine rings is 1. The summed E-state index contributed by atoms with van der Waals surface area (Å²) >= 11 is 0. The van der Waals surface area contributed by atoms with Crippen LogP contribution in [0, 0.1) is 6.92 Å². The monoisotopic (exact) mass is 238 g/mol. The van der Waals surface area contributed by atoms with Gasteiger partial charge in [-0.1, -0.05) is 30.3 Å². The zero-order valence-corrected chi connectivity index (χ0v) is 10.2. The van der Waals surface area contributed by atoms with Gasteiger partial charge in [-0.2, -0.15) is 0 Å². The molecule has 0 saturated heterocycles. The summed E-state index contributed by atoms with van der Waals surface area (Å²) in [6.45, 7) is 5.76. The van der Waals surface area contributed by atoms with Gasteiger partial charge in [-0.3, -0.25) is 4.79 Å². The smallest absolute Gasteiger partial charge is 0.193 e. The van der Waals surface area contributed by atoms with Gasteiger partial charge in [-0.25, -0.2) is 4.98 Å². The second-order valence-corrected chi connectivity index (χ2v) is 4.11. The predicted octanol–water partition coefficient (Wildman–Crippen LogP) is 2.87. The van der Waals surface area contributed by atoms with E-state index in [1.165, 1.54) is 0 Å². The van der Waals surface area contributed by atoms with Crippen LogP contribution >= 0.6 is 0 Å². The van der Waals surface area contributed by atoms with Crippen LogP contribution in [-0.4, -0.2) is 10.8 Å². The number of Topliss-reactive ketones (excluding diaryl/α,β-unsaturated/α-hetero) is 1. The molecule has 1 aromatic carbocycles. The number of carbonyl (C=O) groups excluding carboxylic acids is 1. The van der Waals surface area contributed by atoms with Crippen LogP contribution < -0.4 is 5.73 Å². The molecular weight excluding hydrogens is 224 g/mol. The summed E-state index contributed by atoms with van der Waals surface area (Å²) in [6, 6.07) is 10.9. The molecular formula is C15H14N2O. The largest absolute Gasteiger partial charge is 0.383 e. The lowest BCUT2D eigenvalue weighted by Gasteiger charge is -2.07. The first-order chi connectivity index (χ1) is 8.59. The molecule has 0 radical (unpaired) electrons. The van der Waals surface area contributed by atoms with E-state index in [0.717, 1.165) is 5.56 Å². The van der Waals surface area contributed by atoms with E-state index in [9.17, 15) is 4.79 Å². The number of nitrogen functional groups attached to an aromatic ring is 1. The van der Waals surface area contributed by atoms with Gasteiger partial charge in [-0.05, 0) is 25.1 Å². The molecule has 0 aliphatic carbocycles. The second-order valence-electron chi connectivity index (χ2n) is 4.11. The molecule has 18 heavy (non-hydrogen) atoms. The number of hydrogen-bond acceptors (Lipinski definition) is 3. The number of aromatic nitrogens is 1. The van der Waals surface area contributed by atoms with Crippen LogP contribution in [0.2, 0.25) is 0 Å². The maximum atomic E-state index is 12.3. The van der Waals surface area contributed by atoms with E-state index >= 15 is 0 Å². The number of allylic oxidation sites excluding steroid dienone is 1. The van der Waals surface area contributed by atoms with E-state index in [1.807, 2.05) is 25.1 Å². The van der Waals surface area contributed by atoms with E-state index in [1.54, 1.807) is 24.4 Å². The summed E-state index contributed by atoms with van der Waals surface area (Å²) in [4.78, 5) is 16.2. The Morgan fingerprint density at radius 3 is 2.72 bits per heavy atom. The maximum Gasteiger partial charge on any atom is 0.193 e. The minimum Gasteiger partial charge on any atom is -0.383 e. The van der Waals surface area contributed by atoms with Gasteiger partial charge in [0.1, 0.15) is 5.82 Å². The molecule has 3 heteroatoms. The number of rotatable bonds is 3. The highest BCUT2D eigenvalue weighted by molar-refractivity contribution is 6.29. The third-order valence-electron chi connectivity index (χ3n) is 2.72. The Hall–Kier alpha value is -2.42. The predicted molar refractivity (Wildman–Crippen MR) is 73.2 cm³/mol. The van der Waals surface area contributed by atoms with Crippen LogP contribution in [0.15, 0.2) is 49.2 Å². The van der Waals surface area contributed by atoms with Crippen molar-refractivity contribution >= 4 is 17.2 Å². The highest BCUT2D eigenvalue weighted by Crippen LogP contribution is 2.22. The summed E-state index contributed by atoms with van der Waals surface area (Å²) in [5.74, 6) is 0.196. The molecule has 2 N–H and O–H groups in total. The Kier molecular flexibility index (Phi) is 3.24. The zero-order chi connectivity index (χ0) is 13.1. The Bertz CT molecular complexity index is 617. The third kappa shape index (κ3) is 2.30. The van der Waals surface area contributed by atoms with Crippen LogP contribution in [0.1, 0.15) is 21.5 Å². The normalized spacial score (nSPS) is 10.1. The van der Waals surface area contributed by atoms with Crippen LogP contribution in [0.25, 0.3) is 5.57 Å². The van der Waals surface area contributed by atoms with Crippen molar-refractivity contribution in [2.45, 2.75) is 6.92 Å². The molecule has 2 aromatic rings. The number of nitrogens with two attached hydrogens (primary N) is 1. The van der Waals surface area contributed by atoms with Gasteiger partial charge in [-0.15, -0.1) is 0 Å². The standard InChI is InChI=1S/C15H14N2O/c1-10-5-3-6-12(9-10)14(18)11(2)13-7-4-8-17-15(13)16/h3-9H,2H2,1H3,(H2,16,17). The van der Waals surface area contributed by atoms with Crippen molar-refractivity contribution < 1.29 is 4.79 Å². The Balaban J connectivity index is 2.36.